The monoisotopic (exact) mass is 477 g/mol. The number of aromatic nitrogens is 3. The van der Waals surface area contributed by atoms with Crippen molar-refractivity contribution in [2.24, 2.45) is 18.0 Å². The zero-order chi connectivity index (χ0) is 18.1. The van der Waals surface area contributed by atoms with Crippen LogP contribution in [0.25, 0.3) is 0 Å². The number of guanidine groups is 1. The highest BCUT2D eigenvalue weighted by atomic mass is 127. The number of nitrogens with zero attached hydrogens (tertiary/aromatic N) is 5. The SMILES string of the molecule is CCNC(=NCc1ncnn1C)NCC(C(CC)CC)N1CCCC1.I. The van der Waals surface area contributed by atoms with Crippen LogP contribution in [0.3, 0.4) is 0 Å². The number of hydrogen-bond donors (Lipinski definition) is 2. The third-order valence-corrected chi connectivity index (χ3v) is 5.21. The van der Waals surface area contributed by atoms with Crippen molar-refractivity contribution < 1.29 is 0 Å². The van der Waals surface area contributed by atoms with E-state index < -0.39 is 0 Å². The van der Waals surface area contributed by atoms with Gasteiger partial charge in [-0.2, -0.15) is 5.10 Å². The standard InChI is InChI=1S/C18H35N7.HI/c1-5-15(6-2)16(25-10-8-9-11-25)12-20-18(19-7-3)21-13-17-22-14-23-24(17)4;/h14-16H,5-13H2,1-4H3,(H2,19,20,21);1H. The first-order valence-corrected chi connectivity index (χ1v) is 9.78. The van der Waals surface area contributed by atoms with Gasteiger partial charge in [-0.25, -0.2) is 9.98 Å². The maximum atomic E-state index is 4.68. The smallest absolute Gasteiger partial charge is 0.191 e. The molecule has 1 aliphatic rings. The van der Waals surface area contributed by atoms with Crippen molar-refractivity contribution in [3.8, 4) is 0 Å². The molecule has 1 aliphatic heterocycles. The second-order valence-corrected chi connectivity index (χ2v) is 6.76. The maximum absolute atomic E-state index is 4.68. The third-order valence-electron chi connectivity index (χ3n) is 5.21. The van der Waals surface area contributed by atoms with Crippen LogP contribution in [-0.4, -0.2) is 57.8 Å². The van der Waals surface area contributed by atoms with E-state index in [1.165, 1.54) is 38.8 Å². The van der Waals surface area contributed by atoms with E-state index in [0.29, 0.717) is 12.6 Å². The minimum atomic E-state index is 0. The van der Waals surface area contributed by atoms with Gasteiger partial charge in [0.2, 0.25) is 0 Å². The molecule has 2 rings (SSSR count). The molecule has 2 N–H and O–H groups in total. The highest BCUT2D eigenvalue weighted by molar-refractivity contribution is 14.0. The molecule has 0 spiro atoms. The number of aliphatic imine (C=N–C) groups is 1. The summed E-state index contributed by atoms with van der Waals surface area (Å²) in [6.45, 7) is 11.5. The van der Waals surface area contributed by atoms with Gasteiger partial charge >= 0.3 is 0 Å². The van der Waals surface area contributed by atoms with E-state index in [2.05, 4.69) is 51.4 Å². The molecule has 8 heteroatoms. The van der Waals surface area contributed by atoms with Gasteiger partial charge in [-0.15, -0.1) is 24.0 Å². The van der Waals surface area contributed by atoms with Crippen LogP contribution in [0.5, 0.6) is 0 Å². The van der Waals surface area contributed by atoms with Crippen LogP contribution in [0.1, 0.15) is 52.3 Å². The van der Waals surface area contributed by atoms with Gasteiger partial charge in [0.25, 0.3) is 0 Å². The summed E-state index contributed by atoms with van der Waals surface area (Å²) in [6.07, 6.45) is 6.69. The maximum Gasteiger partial charge on any atom is 0.191 e. The second kappa shape index (κ2) is 12.5. The van der Waals surface area contributed by atoms with E-state index in [-0.39, 0.29) is 24.0 Å². The fraction of sp³-hybridized carbons (Fsp3) is 0.833. The Morgan fingerprint density at radius 1 is 1.19 bits per heavy atom. The van der Waals surface area contributed by atoms with E-state index in [1.54, 1.807) is 11.0 Å². The molecule has 0 bridgehead atoms. The zero-order valence-corrected chi connectivity index (χ0v) is 19.1. The second-order valence-electron chi connectivity index (χ2n) is 6.76. The lowest BCUT2D eigenvalue weighted by molar-refractivity contribution is 0.166. The van der Waals surface area contributed by atoms with Crippen LogP contribution in [0.4, 0.5) is 0 Å². The minimum Gasteiger partial charge on any atom is -0.357 e. The molecule has 150 valence electrons. The van der Waals surface area contributed by atoms with Crippen molar-refractivity contribution >= 4 is 29.9 Å². The normalized spacial score (nSPS) is 16.6. The lowest BCUT2D eigenvalue weighted by Gasteiger charge is -2.34. The lowest BCUT2D eigenvalue weighted by Crippen LogP contribution is -2.49. The molecule has 1 aromatic rings. The molecule has 26 heavy (non-hydrogen) atoms. The Labute approximate surface area is 175 Å². The van der Waals surface area contributed by atoms with E-state index >= 15 is 0 Å². The van der Waals surface area contributed by atoms with Crippen LogP contribution >= 0.6 is 24.0 Å². The first-order valence-electron chi connectivity index (χ1n) is 9.78. The Morgan fingerprint density at radius 3 is 2.42 bits per heavy atom. The fourth-order valence-corrected chi connectivity index (χ4v) is 3.66. The molecule has 7 nitrogen and oxygen atoms in total. The van der Waals surface area contributed by atoms with Crippen LogP contribution in [-0.2, 0) is 13.6 Å². The van der Waals surface area contributed by atoms with Gasteiger partial charge in [0, 0.05) is 26.2 Å². The minimum absolute atomic E-state index is 0. The van der Waals surface area contributed by atoms with Crippen LogP contribution in [0.2, 0.25) is 0 Å². The summed E-state index contributed by atoms with van der Waals surface area (Å²) in [4.78, 5) is 11.6. The summed E-state index contributed by atoms with van der Waals surface area (Å²) in [5.74, 6) is 2.46. The largest absolute Gasteiger partial charge is 0.357 e. The van der Waals surface area contributed by atoms with Gasteiger partial charge in [-0.3, -0.25) is 9.58 Å². The van der Waals surface area contributed by atoms with Gasteiger partial charge < -0.3 is 10.6 Å². The predicted molar refractivity (Wildman–Crippen MR) is 118 cm³/mol. The average molecular weight is 477 g/mol. The first-order chi connectivity index (χ1) is 12.2. The molecule has 1 fully saturated rings. The van der Waals surface area contributed by atoms with E-state index in [1.807, 2.05) is 7.05 Å². The molecule has 0 saturated carbocycles. The van der Waals surface area contributed by atoms with Crippen molar-refractivity contribution in [3.05, 3.63) is 12.2 Å². The Kier molecular flexibility index (Phi) is 11.1. The molecule has 1 saturated heterocycles. The molecule has 1 unspecified atom stereocenters. The van der Waals surface area contributed by atoms with E-state index in [9.17, 15) is 0 Å². The van der Waals surface area contributed by atoms with Gasteiger partial charge in [0.1, 0.15) is 18.7 Å². The zero-order valence-electron chi connectivity index (χ0n) is 16.7. The van der Waals surface area contributed by atoms with Crippen LogP contribution in [0, 0.1) is 5.92 Å². The third kappa shape index (κ3) is 6.68. The Balaban J connectivity index is 0.00000338. The van der Waals surface area contributed by atoms with Crippen LogP contribution < -0.4 is 10.6 Å². The molecule has 2 heterocycles. The summed E-state index contributed by atoms with van der Waals surface area (Å²) in [5, 5.41) is 11.0. The average Bonchev–Trinajstić information content (AvgIpc) is 3.28. The van der Waals surface area contributed by atoms with Gasteiger partial charge in [0.15, 0.2) is 5.96 Å². The van der Waals surface area contributed by atoms with Gasteiger partial charge in [-0.1, -0.05) is 26.7 Å². The lowest BCUT2D eigenvalue weighted by atomic mass is 9.93. The summed E-state index contributed by atoms with van der Waals surface area (Å²) < 4.78 is 1.77. The number of halogens is 1. The Hall–Kier alpha value is -0.900. The number of aryl methyl sites for hydroxylation is 1. The van der Waals surface area contributed by atoms with Crippen molar-refractivity contribution in [1.29, 1.82) is 0 Å². The highest BCUT2D eigenvalue weighted by Crippen LogP contribution is 2.22. The van der Waals surface area contributed by atoms with E-state index in [4.69, 9.17) is 0 Å². The molecule has 0 radical (unpaired) electrons. The summed E-state index contributed by atoms with van der Waals surface area (Å²) in [6, 6.07) is 0.580. The Bertz CT molecular complexity index is 519. The van der Waals surface area contributed by atoms with Gasteiger partial charge in [0.05, 0.1) is 0 Å². The van der Waals surface area contributed by atoms with Crippen LogP contribution in [0.15, 0.2) is 11.3 Å². The van der Waals surface area contributed by atoms with Crippen molar-refractivity contribution in [2.75, 3.05) is 26.2 Å². The van der Waals surface area contributed by atoms with Crippen molar-refractivity contribution in [3.63, 3.8) is 0 Å². The summed E-state index contributed by atoms with van der Waals surface area (Å²) in [5.41, 5.74) is 0. The molecular formula is C18H36IN7. The number of rotatable bonds is 9. The fourth-order valence-electron chi connectivity index (χ4n) is 3.66. The number of hydrogen-bond acceptors (Lipinski definition) is 4. The molecule has 0 amide bonds. The van der Waals surface area contributed by atoms with Crippen molar-refractivity contribution in [2.45, 2.75) is 59.0 Å². The summed E-state index contributed by atoms with van der Waals surface area (Å²) in [7, 11) is 1.90. The number of nitrogens with one attached hydrogen (secondary N) is 2. The first kappa shape index (κ1) is 23.1. The van der Waals surface area contributed by atoms with Crippen molar-refractivity contribution in [1.82, 2.24) is 30.3 Å². The summed E-state index contributed by atoms with van der Waals surface area (Å²) >= 11 is 0. The predicted octanol–water partition coefficient (Wildman–Crippen LogP) is 2.39. The molecule has 1 atom stereocenters. The van der Waals surface area contributed by atoms with E-state index in [0.717, 1.165) is 30.8 Å². The molecule has 0 aliphatic carbocycles. The Morgan fingerprint density at radius 2 is 1.88 bits per heavy atom. The number of likely N-dealkylation sites (tertiary alicyclic amines) is 1. The van der Waals surface area contributed by atoms with Gasteiger partial charge in [-0.05, 0) is 38.8 Å². The molecule has 1 aromatic heterocycles. The molecular weight excluding hydrogens is 441 g/mol. The molecule has 0 aromatic carbocycles. The quantitative estimate of drug-likeness (QED) is 0.325. The topological polar surface area (TPSA) is 70.4 Å². The highest BCUT2D eigenvalue weighted by Gasteiger charge is 2.27.